The van der Waals surface area contributed by atoms with Crippen molar-refractivity contribution in [2.75, 3.05) is 0 Å². The second-order valence-electron chi connectivity index (χ2n) is 13.6. The highest BCUT2D eigenvalue weighted by atomic mass is 15.0. The van der Waals surface area contributed by atoms with Gasteiger partial charge in [-0.25, -0.2) is 15.0 Å². The minimum Gasteiger partial charge on any atom is -0.309 e. The van der Waals surface area contributed by atoms with Gasteiger partial charge in [-0.1, -0.05) is 142 Å². The van der Waals surface area contributed by atoms with Crippen LogP contribution in [-0.4, -0.2) is 19.5 Å². The standard InChI is InChI=1S/C47H36N4/c1-5-17-36-38(6-2)47(3,4)42-40(36)34-22-13-14-23-35(34)41-37-24-15-16-25-39(37)51(43(41)42)33-28-26-32(27-29-33)46-49-44(30-18-9-7-10-19-30)48-45(50-46)31-20-11-8-12-21-31/h5-29H,2H2,1,3-4H3/b17-5-. The van der Waals surface area contributed by atoms with Crippen LogP contribution >= 0.6 is 0 Å². The van der Waals surface area contributed by atoms with Gasteiger partial charge >= 0.3 is 0 Å². The zero-order chi connectivity index (χ0) is 34.7. The first-order valence-corrected chi connectivity index (χ1v) is 17.5. The van der Waals surface area contributed by atoms with Crippen LogP contribution in [0, 0.1) is 0 Å². The largest absolute Gasteiger partial charge is 0.309 e. The molecule has 0 atom stereocenters. The van der Waals surface area contributed by atoms with Crippen LogP contribution in [0.25, 0.3) is 78.0 Å². The van der Waals surface area contributed by atoms with E-state index in [-0.39, 0.29) is 5.41 Å². The van der Waals surface area contributed by atoms with Gasteiger partial charge < -0.3 is 4.57 Å². The van der Waals surface area contributed by atoms with E-state index >= 15 is 0 Å². The molecule has 0 fully saturated rings. The van der Waals surface area contributed by atoms with Crippen molar-refractivity contribution in [2.24, 2.45) is 0 Å². The minimum atomic E-state index is -0.271. The molecule has 4 nitrogen and oxygen atoms in total. The summed E-state index contributed by atoms with van der Waals surface area (Å²) in [6.45, 7) is 11.1. The lowest BCUT2D eigenvalue weighted by Gasteiger charge is -2.25. The number of rotatable bonds is 6. The van der Waals surface area contributed by atoms with Gasteiger partial charge in [0.05, 0.1) is 11.0 Å². The fraction of sp³-hybridized carbons (Fsp3) is 0.0851. The Balaban J connectivity index is 1.30. The summed E-state index contributed by atoms with van der Waals surface area (Å²) in [6, 6.07) is 46.6. The normalized spacial score (nSPS) is 13.9. The molecule has 6 aromatic carbocycles. The Bertz CT molecular complexity index is 2660. The van der Waals surface area contributed by atoms with E-state index in [0.717, 1.165) is 22.4 Å². The fourth-order valence-corrected chi connectivity index (χ4v) is 8.09. The summed E-state index contributed by atoms with van der Waals surface area (Å²) < 4.78 is 2.46. The third kappa shape index (κ3) is 4.71. The number of nitrogens with zero attached hydrogens (tertiary/aromatic N) is 4. The maximum absolute atomic E-state index is 4.99. The highest BCUT2D eigenvalue weighted by Crippen LogP contribution is 2.55. The van der Waals surface area contributed by atoms with Crippen molar-refractivity contribution in [3.8, 4) is 39.9 Å². The third-order valence-electron chi connectivity index (χ3n) is 10.3. The number of benzene rings is 6. The highest BCUT2D eigenvalue weighted by Gasteiger charge is 2.40. The zero-order valence-corrected chi connectivity index (χ0v) is 28.9. The smallest absolute Gasteiger partial charge is 0.164 e. The second kappa shape index (κ2) is 11.9. The number of allylic oxidation sites excluding steroid dienone is 5. The molecule has 2 heterocycles. The molecule has 0 saturated heterocycles. The van der Waals surface area contributed by atoms with Gasteiger partial charge in [0.1, 0.15) is 0 Å². The molecule has 244 valence electrons. The fourth-order valence-electron chi connectivity index (χ4n) is 8.09. The van der Waals surface area contributed by atoms with Crippen molar-refractivity contribution in [3.05, 3.63) is 175 Å². The Hall–Kier alpha value is -6.39. The highest BCUT2D eigenvalue weighted by molar-refractivity contribution is 6.26. The lowest BCUT2D eigenvalue weighted by Crippen LogP contribution is -2.18. The van der Waals surface area contributed by atoms with Crippen LogP contribution in [0.1, 0.15) is 31.9 Å². The SMILES string of the molecule is C=CC1=C(/C=C\C)c2c(c3c(c4ccccc24)c2ccccc2n3-c2ccc(-c3nc(-c4ccccc4)nc(-c4ccccc4)n3)cc2)C1(C)C. The topological polar surface area (TPSA) is 43.6 Å². The van der Waals surface area contributed by atoms with Crippen molar-refractivity contribution < 1.29 is 0 Å². The molecular weight excluding hydrogens is 621 g/mol. The summed E-state index contributed by atoms with van der Waals surface area (Å²) in [6.07, 6.45) is 6.46. The molecule has 0 saturated carbocycles. The Kier molecular flexibility index (Phi) is 7.15. The van der Waals surface area contributed by atoms with Gasteiger partial charge in [-0.05, 0) is 70.3 Å². The van der Waals surface area contributed by atoms with E-state index < -0.39 is 0 Å². The Morgan fingerprint density at radius 1 is 0.588 bits per heavy atom. The van der Waals surface area contributed by atoms with Crippen LogP contribution < -0.4 is 0 Å². The van der Waals surface area contributed by atoms with Gasteiger partial charge in [0.15, 0.2) is 17.5 Å². The maximum atomic E-state index is 4.99. The molecule has 1 aliphatic carbocycles. The van der Waals surface area contributed by atoms with Gasteiger partial charge in [0.2, 0.25) is 0 Å². The number of fused-ring (bicyclic) bond motifs is 8. The third-order valence-corrected chi connectivity index (χ3v) is 10.3. The molecule has 0 N–H and O–H groups in total. The molecule has 0 unspecified atom stereocenters. The van der Waals surface area contributed by atoms with Gasteiger partial charge in [-0.15, -0.1) is 0 Å². The van der Waals surface area contributed by atoms with Crippen molar-refractivity contribution in [1.82, 2.24) is 19.5 Å². The van der Waals surface area contributed by atoms with Crippen molar-refractivity contribution in [1.29, 1.82) is 0 Å². The molecule has 0 spiro atoms. The zero-order valence-electron chi connectivity index (χ0n) is 28.9. The molecule has 0 radical (unpaired) electrons. The molecule has 8 aromatic rings. The Labute approximate surface area is 297 Å². The molecule has 51 heavy (non-hydrogen) atoms. The lowest BCUT2D eigenvalue weighted by atomic mass is 9.79. The average Bonchev–Trinajstić information content (AvgIpc) is 3.64. The van der Waals surface area contributed by atoms with E-state index in [1.807, 2.05) is 60.7 Å². The summed E-state index contributed by atoms with van der Waals surface area (Å²) in [5.74, 6) is 1.94. The summed E-state index contributed by atoms with van der Waals surface area (Å²) in [5.41, 5.74) is 11.2. The van der Waals surface area contributed by atoms with E-state index in [1.54, 1.807) is 0 Å². The number of hydrogen-bond acceptors (Lipinski definition) is 3. The monoisotopic (exact) mass is 656 g/mol. The summed E-state index contributed by atoms with van der Waals surface area (Å²) in [4.78, 5) is 14.9. The molecule has 9 rings (SSSR count). The second-order valence-corrected chi connectivity index (χ2v) is 13.6. The lowest BCUT2D eigenvalue weighted by molar-refractivity contribution is 0.659. The van der Waals surface area contributed by atoms with E-state index in [9.17, 15) is 0 Å². The minimum absolute atomic E-state index is 0.271. The first-order valence-electron chi connectivity index (χ1n) is 17.5. The van der Waals surface area contributed by atoms with Crippen LogP contribution in [0.5, 0.6) is 0 Å². The van der Waals surface area contributed by atoms with E-state index in [2.05, 4.69) is 123 Å². The summed E-state index contributed by atoms with van der Waals surface area (Å²) >= 11 is 0. The molecule has 2 aromatic heterocycles. The Morgan fingerprint density at radius 2 is 1.10 bits per heavy atom. The average molecular weight is 657 g/mol. The Morgan fingerprint density at radius 3 is 1.67 bits per heavy atom. The first kappa shape index (κ1) is 30.7. The van der Waals surface area contributed by atoms with Gasteiger partial charge in [0, 0.05) is 38.6 Å². The van der Waals surface area contributed by atoms with E-state index in [0.29, 0.717) is 17.5 Å². The van der Waals surface area contributed by atoms with Crippen LogP contribution in [0.3, 0.4) is 0 Å². The first-order chi connectivity index (χ1) is 25.0. The van der Waals surface area contributed by atoms with Crippen LogP contribution in [0.4, 0.5) is 0 Å². The molecule has 1 aliphatic rings. The van der Waals surface area contributed by atoms with E-state index in [4.69, 9.17) is 15.0 Å². The van der Waals surface area contributed by atoms with Gasteiger partial charge in [0.25, 0.3) is 0 Å². The molecular formula is C47H36N4. The van der Waals surface area contributed by atoms with Crippen molar-refractivity contribution in [3.63, 3.8) is 0 Å². The molecule has 4 heteroatoms. The number of hydrogen-bond donors (Lipinski definition) is 0. The molecule has 0 amide bonds. The van der Waals surface area contributed by atoms with Crippen LogP contribution in [-0.2, 0) is 5.41 Å². The van der Waals surface area contributed by atoms with Crippen molar-refractivity contribution in [2.45, 2.75) is 26.2 Å². The van der Waals surface area contributed by atoms with Gasteiger partial charge in [-0.3, -0.25) is 0 Å². The number of para-hydroxylation sites is 1. The summed E-state index contributed by atoms with van der Waals surface area (Å²) in [7, 11) is 0. The molecule has 0 bridgehead atoms. The summed E-state index contributed by atoms with van der Waals surface area (Å²) in [5, 5.41) is 5.05. The van der Waals surface area contributed by atoms with Crippen LogP contribution in [0.15, 0.2) is 164 Å². The predicted octanol–water partition coefficient (Wildman–Crippen LogP) is 11.9. The molecule has 0 aliphatic heterocycles. The van der Waals surface area contributed by atoms with Gasteiger partial charge in [-0.2, -0.15) is 0 Å². The van der Waals surface area contributed by atoms with Crippen molar-refractivity contribution >= 4 is 38.2 Å². The maximum Gasteiger partial charge on any atom is 0.164 e. The van der Waals surface area contributed by atoms with Crippen LogP contribution in [0.2, 0.25) is 0 Å². The van der Waals surface area contributed by atoms with E-state index in [1.165, 1.54) is 54.9 Å². The number of aromatic nitrogens is 4. The quantitative estimate of drug-likeness (QED) is 0.179. The predicted molar refractivity (Wildman–Crippen MR) is 213 cm³/mol.